The van der Waals surface area contributed by atoms with Crippen molar-refractivity contribution in [2.45, 2.75) is 37.5 Å². The first-order chi connectivity index (χ1) is 15.6. The zero-order valence-corrected chi connectivity index (χ0v) is 22.3. The van der Waals surface area contributed by atoms with Gasteiger partial charge in [-0.15, -0.1) is 0 Å². The molecule has 33 heavy (non-hydrogen) atoms. The summed E-state index contributed by atoms with van der Waals surface area (Å²) in [5.41, 5.74) is 3.96. The Morgan fingerprint density at radius 3 is 2.30 bits per heavy atom. The van der Waals surface area contributed by atoms with Crippen molar-refractivity contribution in [2.24, 2.45) is 7.05 Å². The van der Waals surface area contributed by atoms with Gasteiger partial charge < -0.3 is 0 Å². The number of anilines is 2. The summed E-state index contributed by atoms with van der Waals surface area (Å²) >= 11 is -2.38. The molecule has 3 aromatic rings. The Morgan fingerprint density at radius 1 is 1.06 bits per heavy atom. The molecule has 174 valence electrons. The fourth-order valence-electron chi connectivity index (χ4n) is 3.77. The van der Waals surface area contributed by atoms with Crippen LogP contribution in [0.15, 0.2) is 48.8 Å². The molecule has 2 amide bonds. The number of amides is 2. The molecule has 0 aliphatic rings. The van der Waals surface area contributed by atoms with Crippen LogP contribution < -0.4 is 19.8 Å². The van der Waals surface area contributed by atoms with Gasteiger partial charge in [-0.1, -0.05) is 0 Å². The average molecular weight is 509 g/mol. The van der Waals surface area contributed by atoms with Crippen molar-refractivity contribution in [1.29, 1.82) is 0 Å². The van der Waals surface area contributed by atoms with E-state index < -0.39 is 13.3 Å². The molecule has 2 aromatic carbocycles. The third kappa shape index (κ3) is 6.25. The maximum absolute atomic E-state index is 13.0. The van der Waals surface area contributed by atoms with Crippen LogP contribution in [0.3, 0.4) is 0 Å². The summed E-state index contributed by atoms with van der Waals surface area (Å²) in [6, 6.07) is 11.9. The number of nitrogens with zero attached hydrogens (tertiary/aromatic N) is 2. The molecule has 2 N–H and O–H groups in total. The summed E-state index contributed by atoms with van der Waals surface area (Å²) in [5.74, 6) is 7.37. The molecule has 0 saturated heterocycles. The van der Waals surface area contributed by atoms with Crippen molar-refractivity contribution >= 4 is 40.9 Å². The van der Waals surface area contributed by atoms with Gasteiger partial charge in [0.15, 0.2) is 0 Å². The summed E-state index contributed by atoms with van der Waals surface area (Å²) in [7, 11) is 1.82. The van der Waals surface area contributed by atoms with Gasteiger partial charge in [0, 0.05) is 0 Å². The summed E-state index contributed by atoms with van der Waals surface area (Å²) in [6.07, 6.45) is 3.70. The second-order valence-electron chi connectivity index (χ2n) is 9.05. The maximum atomic E-state index is 13.0. The van der Waals surface area contributed by atoms with Gasteiger partial charge in [-0.05, 0) is 0 Å². The van der Waals surface area contributed by atoms with Gasteiger partial charge in [0.25, 0.3) is 0 Å². The van der Waals surface area contributed by atoms with E-state index in [1.165, 1.54) is 11.3 Å². The fraction of sp³-hybridized carbons (Fsp3) is 0.320. The average Bonchev–Trinajstić information content (AvgIpc) is 3.13. The number of carbonyl (C=O) groups is 2. The predicted molar refractivity (Wildman–Crippen MR) is 136 cm³/mol. The molecule has 0 aliphatic heterocycles. The Morgan fingerprint density at radius 2 is 1.76 bits per heavy atom. The molecule has 1 aromatic heterocycles. The van der Waals surface area contributed by atoms with Gasteiger partial charge in [-0.3, -0.25) is 0 Å². The number of ether oxygens (including phenoxy) is 1. The Labute approximate surface area is 197 Å². The number of aryl methyl sites for hydroxylation is 1. The minimum atomic E-state index is -2.38. The molecular formula is C25H32GeN4O3. The van der Waals surface area contributed by atoms with E-state index in [1.54, 1.807) is 10.9 Å². The van der Waals surface area contributed by atoms with Crippen molar-refractivity contribution in [3.8, 4) is 16.9 Å². The summed E-state index contributed by atoms with van der Waals surface area (Å²) < 4.78 is 8.52. The zero-order valence-electron chi connectivity index (χ0n) is 20.2. The van der Waals surface area contributed by atoms with Gasteiger partial charge >= 0.3 is 198 Å². The summed E-state index contributed by atoms with van der Waals surface area (Å²) in [6.45, 7) is 4.01. The van der Waals surface area contributed by atoms with Crippen LogP contribution in [0.2, 0.25) is 17.3 Å². The van der Waals surface area contributed by atoms with Crippen molar-refractivity contribution in [2.75, 3.05) is 17.2 Å². The van der Waals surface area contributed by atoms with Crippen LogP contribution in [-0.4, -0.2) is 41.5 Å². The van der Waals surface area contributed by atoms with E-state index in [0.29, 0.717) is 18.0 Å². The van der Waals surface area contributed by atoms with E-state index in [0.717, 1.165) is 22.4 Å². The zero-order chi connectivity index (χ0) is 24.2. The quantitative estimate of drug-likeness (QED) is 0.447. The molecule has 1 heterocycles. The second kappa shape index (κ2) is 10.2. The van der Waals surface area contributed by atoms with Gasteiger partial charge in [0.1, 0.15) is 0 Å². The Kier molecular flexibility index (Phi) is 7.63. The molecule has 0 radical (unpaired) electrons. The van der Waals surface area contributed by atoms with Crippen LogP contribution in [0.4, 0.5) is 11.4 Å². The molecule has 0 atom stereocenters. The molecule has 3 rings (SSSR count). The minimum absolute atomic E-state index is 0.166. The van der Waals surface area contributed by atoms with E-state index in [-0.39, 0.29) is 18.2 Å². The molecule has 7 nitrogen and oxygen atoms in total. The van der Waals surface area contributed by atoms with Crippen molar-refractivity contribution in [3.05, 3.63) is 54.4 Å². The van der Waals surface area contributed by atoms with Crippen molar-refractivity contribution in [1.82, 2.24) is 9.78 Å². The number of rotatable bonds is 8. The summed E-state index contributed by atoms with van der Waals surface area (Å²) in [4.78, 5) is 25.0. The number of benzene rings is 2. The first-order valence-electron chi connectivity index (χ1n) is 11.0. The SMILES string of the molecule is CCOc1ccc(-c2[c]([Ge]([CH3])([CH3])[CH3])ccc(NC(C)=O)c2NC(=O)Cc2cnn(C)c2)cc1. The van der Waals surface area contributed by atoms with Crippen LogP contribution in [-0.2, 0) is 23.1 Å². The second-order valence-corrected chi connectivity index (χ2v) is 19.6. The fourth-order valence-corrected chi connectivity index (χ4v) is 7.13. The Hall–Kier alpha value is -3.07. The first-order valence-corrected chi connectivity index (χ1v) is 18.4. The standard InChI is InChI=1S/C25H32GeN4O3/c1-7-33-20-10-8-19(9-11-20)24-21(26(3,4)5)12-13-22(28-17(2)31)25(24)29-23(32)14-18-15-27-30(6)16-18/h8-13,15-16H,7,14H2,1-6H3,(H,28,31)(H,29,32). The third-order valence-corrected chi connectivity index (χ3v) is 9.43. The number of aromatic nitrogens is 2. The van der Waals surface area contributed by atoms with Crippen LogP contribution >= 0.6 is 0 Å². The van der Waals surface area contributed by atoms with Crippen molar-refractivity contribution < 1.29 is 14.3 Å². The van der Waals surface area contributed by atoms with Crippen LogP contribution in [0.5, 0.6) is 5.75 Å². The Balaban J connectivity index is 2.13. The monoisotopic (exact) mass is 510 g/mol. The number of hydrogen-bond acceptors (Lipinski definition) is 4. The van der Waals surface area contributed by atoms with Gasteiger partial charge in [0.2, 0.25) is 0 Å². The Bertz CT molecular complexity index is 1150. The van der Waals surface area contributed by atoms with Gasteiger partial charge in [-0.2, -0.15) is 0 Å². The third-order valence-electron chi connectivity index (χ3n) is 5.17. The molecule has 0 spiro atoms. The molecule has 0 fully saturated rings. The number of nitrogens with one attached hydrogen (secondary N) is 2. The number of hydrogen-bond donors (Lipinski definition) is 2. The van der Waals surface area contributed by atoms with E-state index >= 15 is 0 Å². The van der Waals surface area contributed by atoms with Gasteiger partial charge in [0.05, 0.1) is 0 Å². The van der Waals surface area contributed by atoms with E-state index in [1.807, 2.05) is 50.5 Å². The van der Waals surface area contributed by atoms with E-state index in [4.69, 9.17) is 4.74 Å². The van der Waals surface area contributed by atoms with E-state index in [2.05, 4.69) is 39.1 Å². The van der Waals surface area contributed by atoms with Crippen molar-refractivity contribution in [3.63, 3.8) is 0 Å². The van der Waals surface area contributed by atoms with E-state index in [9.17, 15) is 9.59 Å². The van der Waals surface area contributed by atoms with Crippen LogP contribution in [0.25, 0.3) is 11.1 Å². The molecule has 8 heteroatoms. The molecule has 0 unspecified atom stereocenters. The summed E-state index contributed by atoms with van der Waals surface area (Å²) in [5, 5.41) is 10.1. The van der Waals surface area contributed by atoms with Gasteiger partial charge in [-0.25, -0.2) is 0 Å². The number of carbonyl (C=O) groups excluding carboxylic acids is 2. The predicted octanol–water partition coefficient (Wildman–Crippen LogP) is 4.17. The van der Waals surface area contributed by atoms with Crippen LogP contribution in [0.1, 0.15) is 19.4 Å². The molecule has 0 bridgehead atoms. The molecule has 0 aliphatic carbocycles. The first kappa shape index (κ1) is 24.6. The van der Waals surface area contributed by atoms with Crippen LogP contribution in [0, 0.1) is 0 Å². The molecular weight excluding hydrogens is 477 g/mol. The normalized spacial score (nSPS) is 11.2. The topological polar surface area (TPSA) is 85.2 Å². The molecule has 0 saturated carbocycles.